The molecule has 0 spiro atoms. The number of hydrogen-bond donors (Lipinski definition) is 0. The van der Waals surface area contributed by atoms with Crippen molar-refractivity contribution in [2.75, 3.05) is 0 Å². The lowest BCUT2D eigenvalue weighted by atomic mass is 9.80. The molecule has 9 rings (SSSR count). The second-order valence-corrected chi connectivity index (χ2v) is 13.8. The van der Waals surface area contributed by atoms with E-state index >= 15 is 0 Å². The summed E-state index contributed by atoms with van der Waals surface area (Å²) in [6.07, 6.45) is 4.45. The molecule has 0 N–H and O–H groups in total. The topological polar surface area (TPSA) is 0 Å². The standard InChI is InChI=1S/C49H36/c1-49(2)47-31-39(38-22-21-35-13-6-7-15-37(35)29-38)23-25-45(47)46-26-24-40(32-48(46)49)41-27-34(20-19-33-11-4-3-5-12-33)28-42(30-41)44-18-10-16-36-14-8-9-17-43(36)44/h3-32H,1-2H3. The van der Waals surface area contributed by atoms with Gasteiger partial charge >= 0.3 is 0 Å². The molecule has 0 radical (unpaired) electrons. The van der Waals surface area contributed by atoms with E-state index in [0.29, 0.717) is 0 Å². The molecule has 232 valence electrons. The molecule has 8 aromatic carbocycles. The van der Waals surface area contributed by atoms with Crippen molar-refractivity contribution in [2.24, 2.45) is 0 Å². The third kappa shape index (κ3) is 5.18. The van der Waals surface area contributed by atoms with Crippen molar-refractivity contribution in [2.45, 2.75) is 19.3 Å². The van der Waals surface area contributed by atoms with Crippen LogP contribution >= 0.6 is 0 Å². The van der Waals surface area contributed by atoms with E-state index in [0.717, 1.165) is 0 Å². The molecule has 0 fully saturated rings. The third-order valence-electron chi connectivity index (χ3n) is 10.4. The molecule has 0 unspecified atom stereocenters. The largest absolute Gasteiger partial charge is 0.0622 e. The van der Waals surface area contributed by atoms with Crippen LogP contribution in [0.25, 0.3) is 78.2 Å². The zero-order valence-electron chi connectivity index (χ0n) is 27.8. The highest BCUT2D eigenvalue weighted by atomic mass is 14.4. The fourth-order valence-corrected chi connectivity index (χ4v) is 7.77. The van der Waals surface area contributed by atoms with E-state index in [1.807, 2.05) is 0 Å². The predicted octanol–water partition coefficient (Wildman–Crippen LogP) is 13.5. The van der Waals surface area contributed by atoms with Gasteiger partial charge in [0.15, 0.2) is 0 Å². The number of benzene rings is 8. The van der Waals surface area contributed by atoms with Gasteiger partial charge in [-0.15, -0.1) is 0 Å². The first-order chi connectivity index (χ1) is 24.0. The summed E-state index contributed by atoms with van der Waals surface area (Å²) in [5, 5.41) is 5.08. The van der Waals surface area contributed by atoms with Gasteiger partial charge in [-0.3, -0.25) is 0 Å². The van der Waals surface area contributed by atoms with Crippen LogP contribution in [0.3, 0.4) is 0 Å². The summed E-state index contributed by atoms with van der Waals surface area (Å²) in [6, 6.07) is 62.4. The van der Waals surface area contributed by atoms with E-state index in [2.05, 4.69) is 196 Å². The maximum atomic E-state index is 2.44. The van der Waals surface area contributed by atoms with E-state index in [9.17, 15) is 0 Å². The molecule has 0 heteroatoms. The Labute approximate surface area is 288 Å². The van der Waals surface area contributed by atoms with Gasteiger partial charge in [-0.1, -0.05) is 159 Å². The molecule has 0 saturated heterocycles. The Kier molecular flexibility index (Phi) is 6.92. The van der Waals surface area contributed by atoms with Gasteiger partial charge in [0.1, 0.15) is 0 Å². The summed E-state index contributed by atoms with van der Waals surface area (Å²) in [5.41, 5.74) is 15.2. The summed E-state index contributed by atoms with van der Waals surface area (Å²) >= 11 is 0. The zero-order valence-corrected chi connectivity index (χ0v) is 27.8. The maximum absolute atomic E-state index is 2.44. The first kappa shape index (κ1) is 29.2. The first-order valence-electron chi connectivity index (χ1n) is 17.2. The quantitative estimate of drug-likeness (QED) is 0.167. The smallest absolute Gasteiger partial charge is 0.0159 e. The molecule has 49 heavy (non-hydrogen) atoms. The minimum Gasteiger partial charge on any atom is -0.0622 e. The van der Waals surface area contributed by atoms with Gasteiger partial charge in [-0.2, -0.15) is 0 Å². The molecule has 1 aliphatic carbocycles. The van der Waals surface area contributed by atoms with Gasteiger partial charge in [0.2, 0.25) is 0 Å². The molecular weight excluding hydrogens is 589 g/mol. The Morgan fingerprint density at radius 2 is 0.918 bits per heavy atom. The molecule has 8 aromatic rings. The van der Waals surface area contributed by atoms with E-state index in [4.69, 9.17) is 0 Å². The molecule has 0 atom stereocenters. The summed E-state index contributed by atoms with van der Waals surface area (Å²) in [7, 11) is 0. The summed E-state index contributed by atoms with van der Waals surface area (Å²) in [6.45, 7) is 4.76. The molecular formula is C49H36. The van der Waals surface area contributed by atoms with Crippen molar-refractivity contribution in [3.63, 3.8) is 0 Å². The molecule has 0 amide bonds. The van der Waals surface area contributed by atoms with Crippen molar-refractivity contribution in [3.8, 4) is 44.5 Å². The minimum absolute atomic E-state index is 0.128. The SMILES string of the molecule is CC1(C)c2cc(-c3cc(C=Cc4ccccc4)cc(-c4cccc5ccccc45)c3)ccc2-c2ccc(-c3ccc4ccccc4c3)cc21. The van der Waals surface area contributed by atoms with Gasteiger partial charge in [-0.05, 0) is 125 Å². The third-order valence-corrected chi connectivity index (χ3v) is 10.4. The Bertz CT molecular complexity index is 2560. The lowest BCUT2D eigenvalue weighted by Gasteiger charge is -2.23. The van der Waals surface area contributed by atoms with Crippen molar-refractivity contribution in [1.82, 2.24) is 0 Å². The van der Waals surface area contributed by atoms with Crippen LogP contribution in [0.2, 0.25) is 0 Å². The van der Waals surface area contributed by atoms with Crippen LogP contribution in [0, 0.1) is 0 Å². The Morgan fingerprint density at radius 3 is 1.69 bits per heavy atom. The zero-order chi connectivity index (χ0) is 33.0. The first-order valence-corrected chi connectivity index (χ1v) is 17.2. The molecule has 0 aromatic heterocycles. The van der Waals surface area contributed by atoms with Crippen LogP contribution in [0.5, 0.6) is 0 Å². The van der Waals surface area contributed by atoms with Crippen molar-refractivity contribution < 1.29 is 0 Å². The van der Waals surface area contributed by atoms with Gasteiger partial charge in [0.05, 0.1) is 0 Å². The Hall–Kier alpha value is -5.98. The minimum atomic E-state index is -0.128. The normalized spacial score (nSPS) is 13.2. The highest BCUT2D eigenvalue weighted by molar-refractivity contribution is 5.98. The second-order valence-electron chi connectivity index (χ2n) is 13.8. The number of rotatable bonds is 5. The number of hydrogen-bond acceptors (Lipinski definition) is 0. The van der Waals surface area contributed by atoms with Gasteiger partial charge in [0, 0.05) is 5.41 Å². The molecule has 0 nitrogen and oxygen atoms in total. The fourth-order valence-electron chi connectivity index (χ4n) is 7.77. The Balaban J connectivity index is 1.15. The fraction of sp³-hybridized carbons (Fsp3) is 0.0612. The van der Waals surface area contributed by atoms with Crippen LogP contribution in [0.15, 0.2) is 170 Å². The number of fused-ring (bicyclic) bond motifs is 5. The molecule has 1 aliphatic rings. The summed E-state index contributed by atoms with van der Waals surface area (Å²) in [4.78, 5) is 0. The van der Waals surface area contributed by atoms with Crippen molar-refractivity contribution in [3.05, 3.63) is 192 Å². The highest BCUT2D eigenvalue weighted by Crippen LogP contribution is 2.51. The van der Waals surface area contributed by atoms with Crippen molar-refractivity contribution >= 4 is 33.7 Å². The molecule has 0 bridgehead atoms. The highest BCUT2D eigenvalue weighted by Gasteiger charge is 2.36. The van der Waals surface area contributed by atoms with Gasteiger partial charge < -0.3 is 0 Å². The molecule has 0 heterocycles. The summed E-state index contributed by atoms with van der Waals surface area (Å²) in [5.74, 6) is 0. The van der Waals surface area contributed by atoms with Crippen LogP contribution in [0.1, 0.15) is 36.1 Å². The van der Waals surface area contributed by atoms with Gasteiger partial charge in [-0.25, -0.2) is 0 Å². The van der Waals surface area contributed by atoms with Crippen LogP contribution < -0.4 is 0 Å². The van der Waals surface area contributed by atoms with Crippen LogP contribution in [0.4, 0.5) is 0 Å². The average Bonchev–Trinajstić information content (AvgIpc) is 3.38. The predicted molar refractivity (Wildman–Crippen MR) is 211 cm³/mol. The van der Waals surface area contributed by atoms with E-state index in [1.165, 1.54) is 88.3 Å². The lowest BCUT2D eigenvalue weighted by Crippen LogP contribution is -2.15. The second kappa shape index (κ2) is 11.6. The van der Waals surface area contributed by atoms with E-state index in [-0.39, 0.29) is 5.41 Å². The van der Waals surface area contributed by atoms with Crippen LogP contribution in [-0.2, 0) is 5.41 Å². The lowest BCUT2D eigenvalue weighted by molar-refractivity contribution is 0.661. The average molecular weight is 625 g/mol. The van der Waals surface area contributed by atoms with Crippen molar-refractivity contribution in [1.29, 1.82) is 0 Å². The summed E-state index contributed by atoms with van der Waals surface area (Å²) < 4.78 is 0. The van der Waals surface area contributed by atoms with Crippen LogP contribution in [-0.4, -0.2) is 0 Å². The monoisotopic (exact) mass is 624 g/mol. The van der Waals surface area contributed by atoms with Gasteiger partial charge in [0.25, 0.3) is 0 Å². The molecule has 0 aliphatic heterocycles. The maximum Gasteiger partial charge on any atom is 0.0159 e. The molecule has 0 saturated carbocycles. The Morgan fingerprint density at radius 1 is 0.347 bits per heavy atom. The van der Waals surface area contributed by atoms with E-state index < -0.39 is 0 Å². The van der Waals surface area contributed by atoms with E-state index in [1.54, 1.807) is 0 Å².